The van der Waals surface area contributed by atoms with Gasteiger partial charge < -0.3 is 25.4 Å². The van der Waals surface area contributed by atoms with E-state index in [4.69, 9.17) is 15.3 Å². The third-order valence-electron chi connectivity index (χ3n) is 6.39. The molecule has 11 heteroatoms. The highest BCUT2D eigenvalue weighted by Crippen LogP contribution is 2.34. The molecule has 1 saturated heterocycles. The average Bonchev–Trinajstić information content (AvgIpc) is 3.70. The number of alkyl carbamates (subject to hydrolysis) is 1. The van der Waals surface area contributed by atoms with Gasteiger partial charge in [-0.3, -0.25) is 20.3 Å². The Balaban J connectivity index is 1.22. The molecule has 11 nitrogen and oxygen atoms in total. The van der Waals surface area contributed by atoms with Gasteiger partial charge in [0.05, 0.1) is 0 Å². The van der Waals surface area contributed by atoms with Gasteiger partial charge in [0, 0.05) is 18.7 Å². The Morgan fingerprint density at radius 3 is 2.30 bits per heavy atom. The summed E-state index contributed by atoms with van der Waals surface area (Å²) in [5.41, 5.74) is 2.08. The fourth-order valence-corrected chi connectivity index (χ4v) is 4.08. The quantitative estimate of drug-likeness (QED) is 0.258. The number of ether oxygens (including phenoxy) is 1. The zero-order chi connectivity index (χ0) is 26.4. The number of carboxylic acid groups (broad SMARTS) is 1. The molecule has 37 heavy (non-hydrogen) atoms. The highest BCUT2D eigenvalue weighted by atomic mass is 16.5. The van der Waals surface area contributed by atoms with Crippen molar-refractivity contribution in [2.75, 3.05) is 6.54 Å². The number of carbonyl (C=O) groups excluding carboxylic acids is 3. The number of nitrogens with zero attached hydrogens (tertiary/aromatic N) is 1. The third-order valence-corrected chi connectivity index (χ3v) is 6.39. The van der Waals surface area contributed by atoms with Gasteiger partial charge in [-0.15, -0.1) is 0 Å². The predicted molar refractivity (Wildman–Crippen MR) is 133 cm³/mol. The molecule has 194 valence electrons. The summed E-state index contributed by atoms with van der Waals surface area (Å²) in [4.78, 5) is 49.9. The van der Waals surface area contributed by atoms with Crippen molar-refractivity contribution < 1.29 is 29.0 Å². The number of benzene rings is 2. The van der Waals surface area contributed by atoms with Gasteiger partial charge in [-0.25, -0.2) is 9.59 Å². The Bertz CT molecular complexity index is 1170. The van der Waals surface area contributed by atoms with Crippen LogP contribution in [-0.2, 0) is 27.5 Å². The monoisotopic (exact) mass is 507 g/mol. The second kappa shape index (κ2) is 11.5. The second-order valence-electron chi connectivity index (χ2n) is 9.08. The van der Waals surface area contributed by atoms with Gasteiger partial charge >= 0.3 is 12.2 Å². The molecule has 1 heterocycles. The first-order chi connectivity index (χ1) is 17.8. The first-order valence-corrected chi connectivity index (χ1v) is 12.0. The second-order valence-corrected chi connectivity index (χ2v) is 9.08. The van der Waals surface area contributed by atoms with Crippen molar-refractivity contribution >= 4 is 29.8 Å². The molecule has 4 rings (SSSR count). The Labute approximate surface area is 213 Å². The lowest BCUT2D eigenvalue weighted by Gasteiger charge is -2.41. The molecule has 0 spiro atoms. The third kappa shape index (κ3) is 6.84. The van der Waals surface area contributed by atoms with Crippen molar-refractivity contribution in [2.45, 2.75) is 44.5 Å². The summed E-state index contributed by atoms with van der Waals surface area (Å²) in [6.07, 6.45) is 0.123. The molecule has 2 aromatic carbocycles. The van der Waals surface area contributed by atoms with E-state index in [1.165, 1.54) is 4.90 Å². The first-order valence-electron chi connectivity index (χ1n) is 12.0. The zero-order valence-electron chi connectivity index (χ0n) is 20.1. The number of amides is 4. The normalized spacial score (nSPS) is 17.1. The molecule has 2 fully saturated rings. The van der Waals surface area contributed by atoms with E-state index in [1.54, 1.807) is 24.3 Å². The standard InChI is InChI=1S/C26H29N5O6/c27-22(30-26(36)37-15-17-4-2-1-3-5-17)19-8-6-16(7-9-19)14-28-23(32)20-12-13-31(20)24(33)21(18-10-11-18)29-25(34)35/h1-9,18,20-21,29H,10-15H2,(H,28,32)(H,34,35)(H2,27,30,36)/t20?,21-/m1/s1. The van der Waals surface area contributed by atoms with Crippen LogP contribution in [-0.4, -0.2) is 58.5 Å². The van der Waals surface area contributed by atoms with Crippen molar-refractivity contribution in [1.82, 2.24) is 20.9 Å². The molecule has 0 bridgehead atoms. The maximum Gasteiger partial charge on any atom is 0.413 e. The van der Waals surface area contributed by atoms with Crippen LogP contribution >= 0.6 is 0 Å². The van der Waals surface area contributed by atoms with Gasteiger partial charge in [-0.1, -0.05) is 54.6 Å². The minimum Gasteiger partial charge on any atom is -0.465 e. The minimum absolute atomic E-state index is 0.00892. The first kappa shape index (κ1) is 25.7. The van der Waals surface area contributed by atoms with Crippen molar-refractivity contribution in [3.8, 4) is 0 Å². The number of rotatable bonds is 9. The van der Waals surface area contributed by atoms with Gasteiger partial charge in [-0.05, 0) is 36.3 Å². The lowest BCUT2D eigenvalue weighted by atomic mass is 9.99. The van der Waals surface area contributed by atoms with E-state index in [1.807, 2.05) is 30.3 Å². The van der Waals surface area contributed by atoms with Crippen molar-refractivity contribution in [3.63, 3.8) is 0 Å². The van der Waals surface area contributed by atoms with Gasteiger partial charge in [0.2, 0.25) is 11.8 Å². The maximum atomic E-state index is 12.8. The molecule has 2 aliphatic rings. The number of hydrogen-bond acceptors (Lipinski definition) is 6. The minimum atomic E-state index is -1.25. The smallest absolute Gasteiger partial charge is 0.413 e. The highest BCUT2D eigenvalue weighted by molar-refractivity contribution is 6.04. The van der Waals surface area contributed by atoms with Crippen LogP contribution in [0.1, 0.15) is 36.0 Å². The van der Waals surface area contributed by atoms with E-state index < -0.39 is 24.3 Å². The Hall–Kier alpha value is -4.41. The number of nitrogens with one attached hydrogen (secondary N) is 4. The highest BCUT2D eigenvalue weighted by Gasteiger charge is 2.45. The Morgan fingerprint density at radius 2 is 1.70 bits per heavy atom. The molecular weight excluding hydrogens is 478 g/mol. The van der Waals surface area contributed by atoms with Crippen molar-refractivity contribution in [2.24, 2.45) is 5.92 Å². The molecule has 5 N–H and O–H groups in total. The lowest BCUT2D eigenvalue weighted by molar-refractivity contribution is -0.149. The van der Waals surface area contributed by atoms with Gasteiger partial charge in [0.1, 0.15) is 24.5 Å². The summed E-state index contributed by atoms with van der Waals surface area (Å²) >= 11 is 0. The van der Waals surface area contributed by atoms with Crippen LogP contribution in [0.2, 0.25) is 0 Å². The topological polar surface area (TPSA) is 161 Å². The van der Waals surface area contributed by atoms with Crippen molar-refractivity contribution in [1.29, 1.82) is 5.41 Å². The van der Waals surface area contributed by atoms with Crippen LogP contribution < -0.4 is 16.0 Å². The van der Waals surface area contributed by atoms with Crippen LogP contribution in [0.15, 0.2) is 54.6 Å². The molecule has 1 aliphatic heterocycles. The van der Waals surface area contributed by atoms with E-state index in [-0.39, 0.29) is 36.7 Å². The van der Waals surface area contributed by atoms with Crippen LogP contribution in [0.3, 0.4) is 0 Å². The largest absolute Gasteiger partial charge is 0.465 e. The Morgan fingerprint density at radius 1 is 1.00 bits per heavy atom. The van der Waals surface area contributed by atoms with E-state index in [0.29, 0.717) is 18.5 Å². The average molecular weight is 508 g/mol. The summed E-state index contributed by atoms with van der Waals surface area (Å²) in [5, 5.41) is 24.6. The van der Waals surface area contributed by atoms with E-state index in [2.05, 4.69) is 16.0 Å². The summed E-state index contributed by atoms with van der Waals surface area (Å²) in [6, 6.07) is 14.5. The number of hydrogen-bond donors (Lipinski definition) is 5. The molecule has 1 unspecified atom stereocenters. The number of likely N-dealkylation sites (tertiary alicyclic amines) is 1. The maximum absolute atomic E-state index is 12.8. The summed E-state index contributed by atoms with van der Waals surface area (Å²) < 4.78 is 5.12. The zero-order valence-corrected chi connectivity index (χ0v) is 20.1. The molecule has 2 aromatic rings. The molecule has 2 atom stereocenters. The van der Waals surface area contributed by atoms with Gasteiger partial charge in [-0.2, -0.15) is 0 Å². The molecule has 4 amide bonds. The lowest BCUT2D eigenvalue weighted by Crippen LogP contribution is -2.62. The molecule has 0 aromatic heterocycles. The SMILES string of the molecule is N=C(NC(=O)OCc1ccccc1)c1ccc(CNC(=O)C2CCN2C(=O)[C@H](NC(=O)O)C2CC2)cc1. The van der Waals surface area contributed by atoms with Crippen LogP contribution in [0.25, 0.3) is 0 Å². The predicted octanol–water partition coefficient (Wildman–Crippen LogP) is 2.20. The number of amidine groups is 1. The van der Waals surface area contributed by atoms with Crippen LogP contribution in [0, 0.1) is 11.3 Å². The molecule has 0 radical (unpaired) electrons. The van der Waals surface area contributed by atoms with Gasteiger partial charge in [0.25, 0.3) is 0 Å². The van der Waals surface area contributed by atoms with E-state index in [0.717, 1.165) is 24.0 Å². The summed E-state index contributed by atoms with van der Waals surface area (Å²) in [5.74, 6) is -0.777. The molecule has 1 aliphatic carbocycles. The molecule has 1 saturated carbocycles. The van der Waals surface area contributed by atoms with Crippen LogP contribution in [0.4, 0.5) is 9.59 Å². The fraction of sp³-hybridized carbons (Fsp3) is 0.346. The Kier molecular flexibility index (Phi) is 8.02. The van der Waals surface area contributed by atoms with E-state index >= 15 is 0 Å². The van der Waals surface area contributed by atoms with Crippen LogP contribution in [0.5, 0.6) is 0 Å². The molecular formula is C26H29N5O6. The van der Waals surface area contributed by atoms with Crippen molar-refractivity contribution in [3.05, 3.63) is 71.3 Å². The summed E-state index contributed by atoms with van der Waals surface area (Å²) in [7, 11) is 0. The summed E-state index contributed by atoms with van der Waals surface area (Å²) in [6.45, 7) is 0.732. The fourth-order valence-electron chi connectivity index (χ4n) is 4.08. The van der Waals surface area contributed by atoms with Gasteiger partial charge in [0.15, 0.2) is 0 Å². The van der Waals surface area contributed by atoms with E-state index in [9.17, 15) is 19.2 Å². The number of carbonyl (C=O) groups is 4.